The highest BCUT2D eigenvalue weighted by Crippen LogP contribution is 2.11. The minimum Gasteiger partial charge on any atom is -0.308 e. The molecule has 3 nitrogen and oxygen atoms in total. The predicted molar refractivity (Wildman–Crippen MR) is 76.0 cm³/mol. The molecule has 0 spiro atoms. The van der Waals surface area contributed by atoms with E-state index in [2.05, 4.69) is 64.7 Å². The molecule has 17 heavy (non-hydrogen) atoms. The van der Waals surface area contributed by atoms with Crippen molar-refractivity contribution >= 4 is 15.9 Å². The number of hydrogen-bond acceptors (Lipinski definition) is 3. The summed E-state index contributed by atoms with van der Waals surface area (Å²) in [7, 11) is 4.23. The molecule has 0 radical (unpaired) electrons. The Labute approximate surface area is 113 Å². The van der Waals surface area contributed by atoms with Crippen molar-refractivity contribution in [3.63, 3.8) is 0 Å². The van der Waals surface area contributed by atoms with E-state index in [0.717, 1.165) is 29.8 Å². The van der Waals surface area contributed by atoms with Crippen LogP contribution in [-0.4, -0.2) is 48.0 Å². The normalized spacial score (nSPS) is 13.4. The predicted octanol–water partition coefficient (Wildman–Crippen LogP) is 2.62. The van der Waals surface area contributed by atoms with Gasteiger partial charge in [-0.05, 0) is 55.6 Å². The van der Waals surface area contributed by atoms with Gasteiger partial charge < -0.3 is 4.90 Å². The maximum atomic E-state index is 4.43. The summed E-state index contributed by atoms with van der Waals surface area (Å²) in [6.45, 7) is 7.50. The summed E-state index contributed by atoms with van der Waals surface area (Å²) in [6, 6.07) is 4.67. The van der Waals surface area contributed by atoms with Crippen LogP contribution in [0.5, 0.6) is 0 Å². The number of nitrogens with zero attached hydrogens (tertiary/aromatic N) is 3. The monoisotopic (exact) mass is 299 g/mol. The Morgan fingerprint density at radius 3 is 2.53 bits per heavy atom. The lowest BCUT2D eigenvalue weighted by molar-refractivity contribution is 0.172. The summed E-state index contributed by atoms with van der Waals surface area (Å²) in [6.07, 6.45) is 1.86. The number of likely N-dealkylation sites (N-methyl/N-ethyl adjacent to an activating group) is 2. The zero-order valence-electron chi connectivity index (χ0n) is 11.2. The highest BCUT2D eigenvalue weighted by molar-refractivity contribution is 9.10. The fourth-order valence-corrected chi connectivity index (χ4v) is 2.17. The largest absolute Gasteiger partial charge is 0.308 e. The fourth-order valence-electron chi connectivity index (χ4n) is 1.93. The summed E-state index contributed by atoms with van der Waals surface area (Å²) in [5.41, 5.74) is 1.13. The van der Waals surface area contributed by atoms with Crippen molar-refractivity contribution in [3.05, 3.63) is 28.5 Å². The number of halogens is 1. The van der Waals surface area contributed by atoms with Crippen LogP contribution in [0, 0.1) is 0 Å². The average Bonchev–Trinajstić information content (AvgIpc) is 2.27. The Kier molecular flexibility index (Phi) is 6.09. The lowest BCUT2D eigenvalue weighted by Gasteiger charge is -2.29. The third-order valence-electron chi connectivity index (χ3n) is 2.81. The molecule has 1 heterocycles. The highest BCUT2D eigenvalue weighted by Gasteiger charge is 2.13. The van der Waals surface area contributed by atoms with E-state index in [1.54, 1.807) is 0 Å². The number of pyridine rings is 1. The van der Waals surface area contributed by atoms with Crippen LogP contribution < -0.4 is 0 Å². The summed E-state index contributed by atoms with van der Waals surface area (Å²) >= 11 is 3.41. The number of hydrogen-bond donors (Lipinski definition) is 0. The Morgan fingerprint density at radius 1 is 1.35 bits per heavy atom. The first kappa shape index (κ1) is 14.6. The number of rotatable bonds is 6. The summed E-state index contributed by atoms with van der Waals surface area (Å²) < 4.78 is 1.03. The smallest absolute Gasteiger partial charge is 0.0544 e. The molecule has 0 aliphatic rings. The lowest BCUT2D eigenvalue weighted by Crippen LogP contribution is -2.39. The second kappa shape index (κ2) is 7.09. The van der Waals surface area contributed by atoms with Crippen LogP contribution in [0.1, 0.15) is 19.5 Å². The molecule has 0 amide bonds. The van der Waals surface area contributed by atoms with Crippen LogP contribution in [0.25, 0.3) is 0 Å². The molecule has 1 aromatic rings. The molecule has 0 aliphatic heterocycles. The van der Waals surface area contributed by atoms with Crippen molar-refractivity contribution in [2.45, 2.75) is 26.4 Å². The summed E-state index contributed by atoms with van der Waals surface area (Å²) in [5, 5.41) is 0. The minimum atomic E-state index is 0.542. The van der Waals surface area contributed by atoms with E-state index in [0.29, 0.717) is 6.04 Å². The van der Waals surface area contributed by atoms with Gasteiger partial charge in [0.2, 0.25) is 0 Å². The van der Waals surface area contributed by atoms with E-state index in [4.69, 9.17) is 0 Å². The molecule has 1 unspecified atom stereocenters. The van der Waals surface area contributed by atoms with Gasteiger partial charge in [-0.2, -0.15) is 0 Å². The van der Waals surface area contributed by atoms with Crippen molar-refractivity contribution < 1.29 is 0 Å². The van der Waals surface area contributed by atoms with E-state index in [9.17, 15) is 0 Å². The molecular weight excluding hydrogens is 278 g/mol. The van der Waals surface area contributed by atoms with E-state index >= 15 is 0 Å². The van der Waals surface area contributed by atoms with E-state index in [1.165, 1.54) is 0 Å². The molecule has 0 aromatic carbocycles. The standard InChI is InChI=1S/C13H22BrN3/c1-5-17(11(2)9-16(3)4)10-13-7-6-12(14)8-15-13/h6-8,11H,5,9-10H2,1-4H3. The molecule has 0 aliphatic carbocycles. The van der Waals surface area contributed by atoms with Crippen LogP contribution in [0.15, 0.2) is 22.8 Å². The quantitative estimate of drug-likeness (QED) is 0.805. The van der Waals surface area contributed by atoms with Gasteiger partial charge >= 0.3 is 0 Å². The highest BCUT2D eigenvalue weighted by atomic mass is 79.9. The Morgan fingerprint density at radius 2 is 2.06 bits per heavy atom. The molecular formula is C13H22BrN3. The van der Waals surface area contributed by atoms with Crippen molar-refractivity contribution in [1.82, 2.24) is 14.8 Å². The van der Waals surface area contributed by atoms with Crippen molar-refractivity contribution in [2.75, 3.05) is 27.2 Å². The Bertz CT molecular complexity index is 324. The molecule has 0 fully saturated rings. The topological polar surface area (TPSA) is 19.4 Å². The maximum absolute atomic E-state index is 4.43. The van der Waals surface area contributed by atoms with Gasteiger partial charge in [0.05, 0.1) is 5.69 Å². The molecule has 0 N–H and O–H groups in total. The molecule has 4 heteroatoms. The van der Waals surface area contributed by atoms with Gasteiger partial charge in [-0.1, -0.05) is 6.92 Å². The molecule has 0 saturated carbocycles. The van der Waals surface area contributed by atoms with Gasteiger partial charge in [-0.15, -0.1) is 0 Å². The van der Waals surface area contributed by atoms with Gasteiger partial charge in [-0.3, -0.25) is 9.88 Å². The zero-order chi connectivity index (χ0) is 12.8. The number of aromatic nitrogens is 1. The Hall–Kier alpha value is -0.450. The SMILES string of the molecule is CCN(Cc1ccc(Br)cn1)C(C)CN(C)C. The maximum Gasteiger partial charge on any atom is 0.0544 e. The van der Waals surface area contributed by atoms with Crippen LogP contribution in [-0.2, 0) is 6.54 Å². The van der Waals surface area contributed by atoms with E-state index in [1.807, 2.05) is 12.3 Å². The van der Waals surface area contributed by atoms with Crippen molar-refractivity contribution in [3.8, 4) is 0 Å². The van der Waals surface area contributed by atoms with Gasteiger partial charge in [0, 0.05) is 29.8 Å². The fraction of sp³-hybridized carbons (Fsp3) is 0.615. The van der Waals surface area contributed by atoms with E-state index < -0.39 is 0 Å². The second-order valence-corrected chi connectivity index (χ2v) is 5.56. The molecule has 1 aromatic heterocycles. The third-order valence-corrected chi connectivity index (χ3v) is 3.28. The van der Waals surface area contributed by atoms with Gasteiger partial charge in [0.1, 0.15) is 0 Å². The molecule has 0 bridgehead atoms. The minimum absolute atomic E-state index is 0.542. The lowest BCUT2D eigenvalue weighted by atomic mass is 10.2. The van der Waals surface area contributed by atoms with E-state index in [-0.39, 0.29) is 0 Å². The zero-order valence-corrected chi connectivity index (χ0v) is 12.7. The molecule has 0 saturated heterocycles. The first-order valence-electron chi connectivity index (χ1n) is 6.02. The van der Waals surface area contributed by atoms with Crippen molar-refractivity contribution in [2.24, 2.45) is 0 Å². The summed E-state index contributed by atoms with van der Waals surface area (Å²) in [4.78, 5) is 9.09. The van der Waals surface area contributed by atoms with Gasteiger partial charge in [0.15, 0.2) is 0 Å². The van der Waals surface area contributed by atoms with Crippen LogP contribution in [0.4, 0.5) is 0 Å². The van der Waals surface area contributed by atoms with Crippen molar-refractivity contribution in [1.29, 1.82) is 0 Å². The van der Waals surface area contributed by atoms with Crippen LogP contribution in [0.2, 0.25) is 0 Å². The van der Waals surface area contributed by atoms with Gasteiger partial charge in [-0.25, -0.2) is 0 Å². The molecule has 1 rings (SSSR count). The first-order valence-corrected chi connectivity index (χ1v) is 6.81. The average molecular weight is 300 g/mol. The summed E-state index contributed by atoms with van der Waals surface area (Å²) in [5.74, 6) is 0. The van der Waals surface area contributed by atoms with Crippen LogP contribution >= 0.6 is 15.9 Å². The second-order valence-electron chi connectivity index (χ2n) is 4.64. The molecule has 96 valence electrons. The third kappa shape index (κ3) is 5.15. The first-order chi connectivity index (χ1) is 8.02. The van der Waals surface area contributed by atoms with Gasteiger partial charge in [0.25, 0.3) is 0 Å². The van der Waals surface area contributed by atoms with Crippen LogP contribution in [0.3, 0.4) is 0 Å². The molecule has 1 atom stereocenters. The Balaban J connectivity index is 2.59.